The van der Waals surface area contributed by atoms with Gasteiger partial charge in [0.05, 0.1) is 12.2 Å². The zero-order valence-corrected chi connectivity index (χ0v) is 14.0. The fourth-order valence-electron chi connectivity index (χ4n) is 11.6. The standard InChI is InChI=1S/C20H28O4/c21-5-19-15-7-1-3-9(23)11(7)17-13(15)14-16(20(17,19)6-22)8-2-4-10(24)12(8)18(14)19/h7-18,21-24H,1-6H2/t7-,8+,9-,10-,11-,12-,13-,14+,15-,16+,17-,18+,19+,20-/m1/s1. The van der Waals surface area contributed by atoms with E-state index in [0.717, 1.165) is 25.7 Å². The lowest BCUT2D eigenvalue weighted by atomic mass is 9.44. The van der Waals surface area contributed by atoms with Gasteiger partial charge in [-0.3, -0.25) is 0 Å². The van der Waals surface area contributed by atoms with Crippen molar-refractivity contribution in [1.82, 2.24) is 0 Å². The molecule has 0 aromatic carbocycles. The normalized spacial score (nSPS) is 75.5. The Hall–Kier alpha value is -0.160. The van der Waals surface area contributed by atoms with E-state index in [1.165, 1.54) is 0 Å². The van der Waals surface area contributed by atoms with Gasteiger partial charge in [-0.25, -0.2) is 0 Å². The summed E-state index contributed by atoms with van der Waals surface area (Å²) in [6.07, 6.45) is 3.66. The number of aliphatic hydroxyl groups excluding tert-OH is 4. The summed E-state index contributed by atoms with van der Waals surface area (Å²) in [5.41, 5.74) is -0.297. The average molecular weight is 332 g/mol. The van der Waals surface area contributed by atoms with E-state index in [4.69, 9.17) is 0 Å². The highest BCUT2D eigenvalue weighted by molar-refractivity contribution is 5.42. The third kappa shape index (κ3) is 0.933. The molecule has 0 amide bonds. The van der Waals surface area contributed by atoms with Crippen LogP contribution >= 0.6 is 0 Å². The van der Waals surface area contributed by atoms with Gasteiger partial charge in [0.2, 0.25) is 0 Å². The molecule has 24 heavy (non-hydrogen) atoms. The highest BCUT2D eigenvalue weighted by atomic mass is 16.3. The van der Waals surface area contributed by atoms with Crippen molar-refractivity contribution in [2.45, 2.75) is 37.9 Å². The highest BCUT2D eigenvalue weighted by Crippen LogP contribution is 2.96. The Balaban J connectivity index is 1.48. The van der Waals surface area contributed by atoms with E-state index >= 15 is 0 Å². The quantitative estimate of drug-likeness (QED) is 0.593. The number of rotatable bonds is 2. The smallest absolute Gasteiger partial charge is 0.0574 e. The van der Waals surface area contributed by atoms with Gasteiger partial charge in [0.1, 0.15) is 0 Å². The number of aliphatic hydroxyl groups is 4. The maximum absolute atomic E-state index is 10.7. The lowest BCUT2D eigenvalue weighted by Crippen LogP contribution is -2.62. The molecule has 4 N–H and O–H groups in total. The zero-order valence-electron chi connectivity index (χ0n) is 14.0. The molecule has 8 rings (SSSR count). The molecule has 4 nitrogen and oxygen atoms in total. The van der Waals surface area contributed by atoms with E-state index in [1.807, 2.05) is 0 Å². The largest absolute Gasteiger partial charge is 0.396 e. The SMILES string of the molecule is OC[C@]12[C@H]3[C@@H]4[C@@H]5[C@H]([C@@H]6[C@H](CC[C@H]6O)[C@@H]51)[C@]2(CO)[C@@H]4[C@@H]1CC[C@@H](O)[C@@H]13. The molecule has 0 aliphatic heterocycles. The van der Waals surface area contributed by atoms with Gasteiger partial charge in [-0.2, -0.15) is 0 Å². The van der Waals surface area contributed by atoms with Gasteiger partial charge >= 0.3 is 0 Å². The lowest BCUT2D eigenvalue weighted by Gasteiger charge is -2.60. The van der Waals surface area contributed by atoms with E-state index in [0.29, 0.717) is 59.2 Å². The van der Waals surface area contributed by atoms with Gasteiger partial charge in [0.25, 0.3) is 0 Å². The predicted molar refractivity (Wildman–Crippen MR) is 84.4 cm³/mol. The zero-order chi connectivity index (χ0) is 16.2. The molecule has 0 aromatic rings. The van der Waals surface area contributed by atoms with E-state index in [-0.39, 0.29) is 36.3 Å². The van der Waals surface area contributed by atoms with Crippen molar-refractivity contribution >= 4 is 0 Å². The van der Waals surface area contributed by atoms with Crippen LogP contribution in [0.15, 0.2) is 0 Å². The molecule has 8 fully saturated rings. The Labute approximate surface area is 142 Å². The van der Waals surface area contributed by atoms with E-state index in [9.17, 15) is 20.4 Å². The molecule has 0 radical (unpaired) electrons. The molecule has 0 unspecified atom stereocenters. The third-order valence-corrected chi connectivity index (χ3v) is 11.1. The second-order valence-corrected chi connectivity index (χ2v) is 10.4. The molecule has 8 bridgehead atoms. The van der Waals surface area contributed by atoms with Crippen molar-refractivity contribution < 1.29 is 20.4 Å². The predicted octanol–water partition coefficient (Wildman–Crippen LogP) is 0.483. The summed E-state index contributed by atoms with van der Waals surface area (Å²) in [6.45, 7) is 0.385. The summed E-state index contributed by atoms with van der Waals surface area (Å²) >= 11 is 0. The Bertz CT molecular complexity index is 583. The van der Waals surface area contributed by atoms with Crippen molar-refractivity contribution in [2.24, 2.45) is 70.0 Å². The maximum atomic E-state index is 10.7. The molecule has 132 valence electrons. The molecule has 0 spiro atoms. The van der Waals surface area contributed by atoms with Gasteiger partial charge in [0, 0.05) is 24.0 Å². The molecular weight excluding hydrogens is 304 g/mol. The fourth-order valence-corrected chi connectivity index (χ4v) is 11.6. The van der Waals surface area contributed by atoms with Crippen LogP contribution in [-0.4, -0.2) is 45.8 Å². The van der Waals surface area contributed by atoms with Crippen LogP contribution in [0.2, 0.25) is 0 Å². The summed E-state index contributed by atoms with van der Waals surface area (Å²) in [4.78, 5) is 0. The highest BCUT2D eigenvalue weighted by Gasteiger charge is 2.96. The molecule has 8 aliphatic carbocycles. The number of hydrogen-bond donors (Lipinski definition) is 4. The van der Waals surface area contributed by atoms with Crippen LogP contribution in [0.5, 0.6) is 0 Å². The van der Waals surface area contributed by atoms with Crippen LogP contribution in [0.1, 0.15) is 25.7 Å². The van der Waals surface area contributed by atoms with Gasteiger partial charge in [-0.1, -0.05) is 0 Å². The van der Waals surface area contributed by atoms with Crippen molar-refractivity contribution in [3.05, 3.63) is 0 Å². The monoisotopic (exact) mass is 332 g/mol. The molecule has 0 saturated heterocycles. The van der Waals surface area contributed by atoms with Crippen molar-refractivity contribution in [2.75, 3.05) is 13.2 Å². The molecule has 0 aromatic heterocycles. The van der Waals surface area contributed by atoms with Gasteiger partial charge in [-0.05, 0) is 84.9 Å². The van der Waals surface area contributed by atoms with Crippen molar-refractivity contribution in [3.8, 4) is 0 Å². The first kappa shape index (κ1) is 14.0. The first-order valence-corrected chi connectivity index (χ1v) is 10.2. The lowest BCUT2D eigenvalue weighted by molar-refractivity contribution is -0.196. The molecular formula is C20H28O4. The third-order valence-electron chi connectivity index (χ3n) is 11.1. The Morgan fingerprint density at radius 1 is 0.583 bits per heavy atom. The van der Waals surface area contributed by atoms with Crippen LogP contribution in [0, 0.1) is 70.0 Å². The van der Waals surface area contributed by atoms with E-state index in [2.05, 4.69) is 0 Å². The molecule has 14 atom stereocenters. The summed E-state index contributed by atoms with van der Waals surface area (Å²) < 4.78 is 0. The van der Waals surface area contributed by atoms with Crippen LogP contribution < -0.4 is 0 Å². The van der Waals surface area contributed by atoms with Gasteiger partial charge < -0.3 is 20.4 Å². The maximum Gasteiger partial charge on any atom is 0.0574 e. The Morgan fingerprint density at radius 2 is 1.00 bits per heavy atom. The number of fused-ring (bicyclic) bond motifs is 2. The Kier molecular flexibility index (Phi) is 2.19. The minimum atomic E-state index is -0.185. The minimum Gasteiger partial charge on any atom is -0.396 e. The summed E-state index contributed by atoms with van der Waals surface area (Å²) in [6, 6.07) is 0. The van der Waals surface area contributed by atoms with Crippen LogP contribution in [-0.2, 0) is 0 Å². The van der Waals surface area contributed by atoms with Crippen LogP contribution in [0.4, 0.5) is 0 Å². The van der Waals surface area contributed by atoms with Gasteiger partial charge in [-0.15, -0.1) is 0 Å². The fraction of sp³-hybridized carbons (Fsp3) is 1.00. The number of hydrogen-bond acceptors (Lipinski definition) is 4. The summed E-state index contributed by atoms with van der Waals surface area (Å²) in [5.74, 6) is 4.98. The van der Waals surface area contributed by atoms with Gasteiger partial charge in [0.15, 0.2) is 0 Å². The van der Waals surface area contributed by atoms with Crippen LogP contribution in [0.3, 0.4) is 0 Å². The minimum absolute atomic E-state index is 0.149. The molecule has 4 heteroatoms. The molecule has 0 heterocycles. The second kappa shape index (κ2) is 3.76. The van der Waals surface area contributed by atoms with E-state index < -0.39 is 0 Å². The molecule has 8 aliphatic rings. The van der Waals surface area contributed by atoms with Crippen molar-refractivity contribution in [1.29, 1.82) is 0 Å². The first-order chi connectivity index (χ1) is 11.6. The molecule has 8 saturated carbocycles. The second-order valence-electron chi connectivity index (χ2n) is 10.4. The van der Waals surface area contributed by atoms with E-state index in [1.54, 1.807) is 0 Å². The summed E-state index contributed by atoms with van der Waals surface area (Å²) in [7, 11) is 0. The summed E-state index contributed by atoms with van der Waals surface area (Å²) in [5, 5.41) is 42.8. The topological polar surface area (TPSA) is 80.9 Å². The Morgan fingerprint density at radius 3 is 1.38 bits per heavy atom. The average Bonchev–Trinajstić information content (AvgIpc) is 3.36. The first-order valence-electron chi connectivity index (χ1n) is 10.2. The van der Waals surface area contributed by atoms with Crippen molar-refractivity contribution in [3.63, 3.8) is 0 Å². The van der Waals surface area contributed by atoms with Crippen LogP contribution in [0.25, 0.3) is 0 Å².